The number of carboxylic acid groups (broad SMARTS) is 1. The smallest absolute Gasteiger partial charge is 0.329 e. The van der Waals surface area contributed by atoms with E-state index in [4.69, 9.17) is 9.84 Å². The van der Waals surface area contributed by atoms with Crippen molar-refractivity contribution in [3.8, 4) is 0 Å². The zero-order valence-corrected chi connectivity index (χ0v) is 13.5. The molecule has 7 heteroatoms. The number of carbonyl (C=O) groups is 2. The Morgan fingerprint density at radius 2 is 1.90 bits per heavy atom. The first-order valence-electron chi connectivity index (χ1n) is 7.32. The zero-order valence-electron chi connectivity index (χ0n) is 13.5. The molecular weight excluding hydrogens is 274 g/mol. The number of hydrogen-bond acceptors (Lipinski definition) is 4. The predicted molar refractivity (Wildman–Crippen MR) is 79.4 cm³/mol. The first-order chi connectivity index (χ1) is 9.77. The number of ether oxygens (including phenoxy) is 1. The van der Waals surface area contributed by atoms with Crippen molar-refractivity contribution in [2.75, 3.05) is 53.4 Å². The number of likely N-dealkylation sites (tertiary alicyclic amines) is 1. The third kappa shape index (κ3) is 5.51. The summed E-state index contributed by atoms with van der Waals surface area (Å²) < 4.78 is 5.31. The standard InChI is InChI=1S/C14H27N3O4/c1-5-16(8-6-7-15(3)4)13(20)17-10-14(2,11-17)21-9-12(18)19/h5-11H2,1-4H3,(H,18,19). The fourth-order valence-corrected chi connectivity index (χ4v) is 2.39. The summed E-state index contributed by atoms with van der Waals surface area (Å²) >= 11 is 0. The van der Waals surface area contributed by atoms with E-state index in [9.17, 15) is 9.59 Å². The van der Waals surface area contributed by atoms with Gasteiger partial charge in [0.1, 0.15) is 12.2 Å². The highest BCUT2D eigenvalue weighted by molar-refractivity contribution is 5.75. The molecule has 1 rings (SSSR count). The molecule has 21 heavy (non-hydrogen) atoms. The normalized spacial score (nSPS) is 16.7. The van der Waals surface area contributed by atoms with E-state index in [0.29, 0.717) is 19.6 Å². The van der Waals surface area contributed by atoms with Crippen LogP contribution in [-0.2, 0) is 9.53 Å². The average Bonchev–Trinajstić information content (AvgIpc) is 2.37. The van der Waals surface area contributed by atoms with Gasteiger partial charge in [-0.2, -0.15) is 0 Å². The van der Waals surface area contributed by atoms with Crippen molar-refractivity contribution in [2.24, 2.45) is 0 Å². The molecule has 0 saturated carbocycles. The van der Waals surface area contributed by atoms with E-state index in [1.165, 1.54) is 0 Å². The van der Waals surface area contributed by atoms with Crippen molar-refractivity contribution in [3.63, 3.8) is 0 Å². The lowest BCUT2D eigenvalue weighted by Crippen LogP contribution is -2.65. The summed E-state index contributed by atoms with van der Waals surface area (Å²) in [5.41, 5.74) is -0.531. The molecule has 0 spiro atoms. The predicted octanol–water partition coefficient (Wildman–Crippen LogP) is 0.556. The van der Waals surface area contributed by atoms with Crippen LogP contribution in [0.4, 0.5) is 4.79 Å². The molecule has 0 aliphatic carbocycles. The Kier molecular flexibility index (Phi) is 6.42. The highest BCUT2D eigenvalue weighted by Crippen LogP contribution is 2.25. The molecule has 1 fully saturated rings. The molecule has 0 aromatic rings. The van der Waals surface area contributed by atoms with Crippen molar-refractivity contribution < 1.29 is 19.4 Å². The maximum absolute atomic E-state index is 12.3. The molecule has 0 aromatic heterocycles. The molecule has 0 aromatic carbocycles. The van der Waals surface area contributed by atoms with E-state index in [-0.39, 0.29) is 12.6 Å². The van der Waals surface area contributed by atoms with E-state index in [1.54, 1.807) is 4.90 Å². The number of hydrogen-bond donors (Lipinski definition) is 1. The van der Waals surface area contributed by atoms with E-state index >= 15 is 0 Å². The van der Waals surface area contributed by atoms with Crippen LogP contribution in [0.25, 0.3) is 0 Å². The fraction of sp³-hybridized carbons (Fsp3) is 0.857. The van der Waals surface area contributed by atoms with Crippen LogP contribution in [0.5, 0.6) is 0 Å². The highest BCUT2D eigenvalue weighted by Gasteiger charge is 2.43. The molecule has 1 aliphatic rings. The van der Waals surface area contributed by atoms with Crippen LogP contribution in [0, 0.1) is 0 Å². The number of carboxylic acids is 1. The van der Waals surface area contributed by atoms with Crippen molar-refractivity contribution >= 4 is 12.0 Å². The third-order valence-corrected chi connectivity index (χ3v) is 3.55. The maximum Gasteiger partial charge on any atom is 0.329 e. The molecule has 1 aliphatic heterocycles. The Labute approximate surface area is 126 Å². The second-order valence-electron chi connectivity index (χ2n) is 6.01. The Morgan fingerprint density at radius 3 is 2.38 bits per heavy atom. The lowest BCUT2D eigenvalue weighted by atomic mass is 9.97. The van der Waals surface area contributed by atoms with Crippen LogP contribution < -0.4 is 0 Å². The lowest BCUT2D eigenvalue weighted by molar-refractivity contribution is -0.160. The number of amides is 2. The molecule has 1 heterocycles. The van der Waals surface area contributed by atoms with Crippen molar-refractivity contribution in [2.45, 2.75) is 25.9 Å². The Hall–Kier alpha value is -1.34. The van der Waals surface area contributed by atoms with E-state index in [0.717, 1.165) is 19.5 Å². The average molecular weight is 301 g/mol. The topological polar surface area (TPSA) is 73.3 Å². The minimum absolute atomic E-state index is 0.00709. The van der Waals surface area contributed by atoms with Crippen LogP contribution >= 0.6 is 0 Å². The molecule has 122 valence electrons. The van der Waals surface area contributed by atoms with Crippen molar-refractivity contribution in [3.05, 3.63) is 0 Å². The van der Waals surface area contributed by atoms with Gasteiger partial charge in [-0.05, 0) is 40.9 Å². The summed E-state index contributed by atoms with van der Waals surface area (Å²) in [4.78, 5) is 28.5. The van der Waals surface area contributed by atoms with Crippen LogP contribution in [0.1, 0.15) is 20.3 Å². The fourth-order valence-electron chi connectivity index (χ4n) is 2.39. The number of urea groups is 1. The third-order valence-electron chi connectivity index (χ3n) is 3.55. The van der Waals surface area contributed by atoms with Gasteiger partial charge in [-0.1, -0.05) is 0 Å². The second kappa shape index (κ2) is 7.61. The monoisotopic (exact) mass is 301 g/mol. The van der Waals surface area contributed by atoms with Gasteiger partial charge in [-0.25, -0.2) is 9.59 Å². The summed E-state index contributed by atoms with van der Waals surface area (Å²) in [6, 6.07) is 0.00709. The summed E-state index contributed by atoms with van der Waals surface area (Å²) in [5, 5.41) is 8.62. The SMILES string of the molecule is CCN(CCCN(C)C)C(=O)N1CC(C)(OCC(=O)O)C1. The van der Waals surface area contributed by atoms with E-state index in [2.05, 4.69) is 4.90 Å². The molecular formula is C14H27N3O4. The van der Waals surface area contributed by atoms with Gasteiger partial charge in [0, 0.05) is 13.1 Å². The van der Waals surface area contributed by atoms with Gasteiger partial charge in [0.05, 0.1) is 13.1 Å². The van der Waals surface area contributed by atoms with E-state index < -0.39 is 11.6 Å². The maximum atomic E-state index is 12.3. The molecule has 0 bridgehead atoms. The van der Waals surface area contributed by atoms with Crippen LogP contribution in [0.3, 0.4) is 0 Å². The van der Waals surface area contributed by atoms with Gasteiger partial charge in [-0.15, -0.1) is 0 Å². The van der Waals surface area contributed by atoms with Gasteiger partial charge in [0.25, 0.3) is 0 Å². The summed E-state index contributed by atoms with van der Waals surface area (Å²) in [7, 11) is 4.03. The summed E-state index contributed by atoms with van der Waals surface area (Å²) in [6.07, 6.45) is 0.938. The van der Waals surface area contributed by atoms with Gasteiger partial charge < -0.3 is 24.5 Å². The number of carbonyl (C=O) groups excluding carboxylic acids is 1. The first-order valence-corrected chi connectivity index (χ1v) is 7.32. The van der Waals surface area contributed by atoms with Gasteiger partial charge >= 0.3 is 12.0 Å². The number of nitrogens with zero attached hydrogens (tertiary/aromatic N) is 3. The van der Waals surface area contributed by atoms with Crippen LogP contribution in [0.15, 0.2) is 0 Å². The highest BCUT2D eigenvalue weighted by atomic mass is 16.5. The number of aliphatic carboxylic acids is 1. The molecule has 0 atom stereocenters. The quantitative estimate of drug-likeness (QED) is 0.709. The van der Waals surface area contributed by atoms with Crippen molar-refractivity contribution in [1.29, 1.82) is 0 Å². The van der Waals surface area contributed by atoms with Gasteiger partial charge in [0.2, 0.25) is 0 Å². The number of rotatable bonds is 8. The van der Waals surface area contributed by atoms with Gasteiger partial charge in [0.15, 0.2) is 0 Å². The Balaban J connectivity index is 2.36. The van der Waals surface area contributed by atoms with Crippen molar-refractivity contribution in [1.82, 2.24) is 14.7 Å². The van der Waals surface area contributed by atoms with Crippen LogP contribution in [-0.4, -0.2) is 90.8 Å². The Morgan fingerprint density at radius 1 is 1.29 bits per heavy atom. The largest absolute Gasteiger partial charge is 0.480 e. The molecule has 0 radical (unpaired) electrons. The summed E-state index contributed by atoms with van der Waals surface area (Å²) in [6.45, 7) is 6.73. The zero-order chi connectivity index (χ0) is 16.0. The molecule has 1 saturated heterocycles. The Bertz CT molecular complexity index is 367. The molecule has 2 amide bonds. The van der Waals surface area contributed by atoms with E-state index in [1.807, 2.05) is 32.8 Å². The molecule has 0 unspecified atom stereocenters. The van der Waals surface area contributed by atoms with Gasteiger partial charge in [-0.3, -0.25) is 0 Å². The minimum atomic E-state index is -0.986. The minimum Gasteiger partial charge on any atom is -0.480 e. The summed E-state index contributed by atoms with van der Waals surface area (Å²) in [5.74, 6) is -0.986. The van der Waals surface area contributed by atoms with Crippen LogP contribution in [0.2, 0.25) is 0 Å². The molecule has 1 N–H and O–H groups in total. The lowest BCUT2D eigenvalue weighted by Gasteiger charge is -2.48. The second-order valence-corrected chi connectivity index (χ2v) is 6.01. The molecule has 7 nitrogen and oxygen atoms in total. The first kappa shape index (κ1) is 17.7.